The van der Waals surface area contributed by atoms with Crippen LogP contribution in [0, 0.1) is 0 Å². The van der Waals surface area contributed by atoms with Gasteiger partial charge in [0, 0.05) is 23.2 Å². The molecule has 96 valence electrons. The standard InChI is InChI=1S/C12H13Cl2N3S/c1-7(2)15-6-11-12(16-17-18-11)9-4-3-8(13)5-10(9)14/h3-5,7,15H,6H2,1-2H3. The predicted octanol–water partition coefficient (Wildman–Crippen LogP) is 4.01. The highest BCUT2D eigenvalue weighted by atomic mass is 35.5. The maximum Gasteiger partial charge on any atom is 0.111 e. The first-order valence-electron chi connectivity index (χ1n) is 5.58. The van der Waals surface area contributed by atoms with Crippen molar-refractivity contribution < 1.29 is 0 Å². The van der Waals surface area contributed by atoms with E-state index < -0.39 is 0 Å². The van der Waals surface area contributed by atoms with Crippen LogP contribution in [-0.2, 0) is 6.54 Å². The molecule has 0 aliphatic heterocycles. The molecular formula is C12H13Cl2N3S. The van der Waals surface area contributed by atoms with Gasteiger partial charge in [-0.25, -0.2) is 0 Å². The van der Waals surface area contributed by atoms with Gasteiger partial charge in [-0.1, -0.05) is 41.5 Å². The summed E-state index contributed by atoms with van der Waals surface area (Å²) in [6, 6.07) is 5.82. The highest BCUT2D eigenvalue weighted by molar-refractivity contribution is 7.06. The minimum Gasteiger partial charge on any atom is -0.310 e. The van der Waals surface area contributed by atoms with E-state index in [0.717, 1.165) is 22.7 Å². The van der Waals surface area contributed by atoms with E-state index in [0.29, 0.717) is 16.1 Å². The Morgan fingerprint density at radius 3 is 2.78 bits per heavy atom. The van der Waals surface area contributed by atoms with E-state index >= 15 is 0 Å². The van der Waals surface area contributed by atoms with Gasteiger partial charge in [-0.3, -0.25) is 0 Å². The lowest BCUT2D eigenvalue weighted by molar-refractivity contribution is 0.593. The first kappa shape index (κ1) is 13.7. The molecule has 0 spiro atoms. The Morgan fingerprint density at radius 2 is 2.11 bits per heavy atom. The number of nitrogens with one attached hydrogen (secondary N) is 1. The maximum atomic E-state index is 6.19. The summed E-state index contributed by atoms with van der Waals surface area (Å²) >= 11 is 13.5. The number of aromatic nitrogens is 2. The molecule has 0 unspecified atom stereocenters. The van der Waals surface area contributed by atoms with Crippen molar-refractivity contribution in [2.45, 2.75) is 26.4 Å². The number of rotatable bonds is 4. The molecule has 0 bridgehead atoms. The summed E-state index contributed by atoms with van der Waals surface area (Å²) in [5, 5.41) is 8.72. The van der Waals surface area contributed by atoms with Gasteiger partial charge in [0.1, 0.15) is 5.69 Å². The lowest BCUT2D eigenvalue weighted by Crippen LogP contribution is -2.21. The van der Waals surface area contributed by atoms with E-state index in [1.54, 1.807) is 6.07 Å². The molecule has 0 aliphatic carbocycles. The van der Waals surface area contributed by atoms with Crippen molar-refractivity contribution in [3.8, 4) is 11.3 Å². The van der Waals surface area contributed by atoms with Crippen molar-refractivity contribution in [3.05, 3.63) is 33.1 Å². The molecule has 0 atom stereocenters. The smallest absolute Gasteiger partial charge is 0.111 e. The Bertz CT molecular complexity index is 540. The topological polar surface area (TPSA) is 37.8 Å². The van der Waals surface area contributed by atoms with Crippen molar-refractivity contribution in [3.63, 3.8) is 0 Å². The van der Waals surface area contributed by atoms with Gasteiger partial charge < -0.3 is 5.32 Å². The summed E-state index contributed by atoms with van der Waals surface area (Å²) in [5.41, 5.74) is 1.70. The monoisotopic (exact) mass is 301 g/mol. The lowest BCUT2D eigenvalue weighted by Gasteiger charge is -2.08. The van der Waals surface area contributed by atoms with Gasteiger partial charge in [0.25, 0.3) is 0 Å². The molecule has 1 aromatic heterocycles. The number of nitrogens with zero attached hydrogens (tertiary/aromatic N) is 2. The van der Waals surface area contributed by atoms with Crippen molar-refractivity contribution in [1.29, 1.82) is 0 Å². The number of benzene rings is 1. The fourth-order valence-electron chi connectivity index (χ4n) is 1.51. The average molecular weight is 302 g/mol. The zero-order chi connectivity index (χ0) is 13.1. The fourth-order valence-corrected chi connectivity index (χ4v) is 2.61. The number of hydrogen-bond donors (Lipinski definition) is 1. The average Bonchev–Trinajstić information content (AvgIpc) is 2.74. The van der Waals surface area contributed by atoms with Crippen LogP contribution in [0.5, 0.6) is 0 Å². The van der Waals surface area contributed by atoms with Crippen LogP contribution in [0.2, 0.25) is 10.0 Å². The van der Waals surface area contributed by atoms with Gasteiger partial charge in [0.05, 0.1) is 9.90 Å². The Hall–Kier alpha value is -0.680. The van der Waals surface area contributed by atoms with E-state index in [9.17, 15) is 0 Å². The number of hydrogen-bond acceptors (Lipinski definition) is 4. The molecule has 1 aromatic carbocycles. The summed E-state index contributed by atoms with van der Waals surface area (Å²) in [5.74, 6) is 0. The minimum absolute atomic E-state index is 0.417. The molecule has 2 rings (SSSR count). The third-order valence-corrected chi connectivity index (χ3v) is 3.68. The summed E-state index contributed by atoms with van der Waals surface area (Å²) in [6.45, 7) is 4.94. The van der Waals surface area contributed by atoms with Crippen LogP contribution in [0.15, 0.2) is 18.2 Å². The third-order valence-electron chi connectivity index (χ3n) is 2.41. The Labute approximate surface area is 120 Å². The second kappa shape index (κ2) is 5.97. The molecule has 0 saturated heterocycles. The van der Waals surface area contributed by atoms with E-state index in [2.05, 4.69) is 28.8 Å². The Kier molecular flexibility index (Phi) is 4.56. The first-order chi connectivity index (χ1) is 8.58. The van der Waals surface area contributed by atoms with E-state index in [1.165, 1.54) is 11.5 Å². The van der Waals surface area contributed by atoms with E-state index in [1.807, 2.05) is 12.1 Å². The molecular weight excluding hydrogens is 289 g/mol. The van der Waals surface area contributed by atoms with Gasteiger partial charge in [0.2, 0.25) is 0 Å². The van der Waals surface area contributed by atoms with Crippen LogP contribution >= 0.6 is 34.7 Å². The SMILES string of the molecule is CC(C)NCc1snnc1-c1ccc(Cl)cc1Cl. The Balaban J connectivity index is 2.30. The zero-order valence-electron chi connectivity index (χ0n) is 10.1. The van der Waals surface area contributed by atoms with Gasteiger partial charge in [-0.15, -0.1) is 5.10 Å². The summed E-state index contributed by atoms with van der Waals surface area (Å²) < 4.78 is 4.00. The quantitative estimate of drug-likeness (QED) is 0.927. The van der Waals surface area contributed by atoms with Crippen LogP contribution in [-0.4, -0.2) is 15.6 Å². The van der Waals surface area contributed by atoms with E-state index in [4.69, 9.17) is 23.2 Å². The summed E-state index contributed by atoms with van der Waals surface area (Å²) in [7, 11) is 0. The second-order valence-corrected chi connectivity index (χ2v) is 5.89. The highest BCUT2D eigenvalue weighted by Crippen LogP contribution is 2.32. The van der Waals surface area contributed by atoms with Crippen molar-refractivity contribution in [2.24, 2.45) is 0 Å². The molecule has 0 amide bonds. The number of halogens is 2. The van der Waals surface area contributed by atoms with Crippen LogP contribution in [0.4, 0.5) is 0 Å². The van der Waals surface area contributed by atoms with Crippen molar-refractivity contribution in [1.82, 2.24) is 14.9 Å². The fraction of sp³-hybridized carbons (Fsp3) is 0.333. The first-order valence-corrected chi connectivity index (χ1v) is 7.11. The summed E-state index contributed by atoms with van der Waals surface area (Å²) in [6.07, 6.45) is 0. The maximum absolute atomic E-state index is 6.19. The predicted molar refractivity (Wildman–Crippen MR) is 77.3 cm³/mol. The minimum atomic E-state index is 0.417. The Morgan fingerprint density at radius 1 is 1.33 bits per heavy atom. The zero-order valence-corrected chi connectivity index (χ0v) is 12.4. The van der Waals surface area contributed by atoms with Gasteiger partial charge in [-0.05, 0) is 29.7 Å². The highest BCUT2D eigenvalue weighted by Gasteiger charge is 2.13. The molecule has 0 radical (unpaired) electrons. The van der Waals surface area contributed by atoms with E-state index in [-0.39, 0.29) is 0 Å². The van der Waals surface area contributed by atoms with Crippen molar-refractivity contribution in [2.75, 3.05) is 0 Å². The molecule has 1 heterocycles. The van der Waals surface area contributed by atoms with Gasteiger partial charge >= 0.3 is 0 Å². The van der Waals surface area contributed by atoms with Crippen LogP contribution in [0.25, 0.3) is 11.3 Å². The molecule has 0 aliphatic rings. The summed E-state index contributed by atoms with van der Waals surface area (Å²) in [4.78, 5) is 1.08. The van der Waals surface area contributed by atoms with Gasteiger partial charge in [-0.2, -0.15) is 0 Å². The largest absolute Gasteiger partial charge is 0.310 e. The molecule has 0 saturated carbocycles. The van der Waals surface area contributed by atoms with Crippen LogP contribution in [0.1, 0.15) is 18.7 Å². The molecule has 2 aromatic rings. The molecule has 18 heavy (non-hydrogen) atoms. The molecule has 0 fully saturated rings. The third kappa shape index (κ3) is 3.20. The second-order valence-electron chi connectivity index (χ2n) is 4.20. The molecule has 3 nitrogen and oxygen atoms in total. The molecule has 1 N–H and O–H groups in total. The van der Waals surface area contributed by atoms with Crippen LogP contribution < -0.4 is 5.32 Å². The van der Waals surface area contributed by atoms with Crippen LogP contribution in [0.3, 0.4) is 0 Å². The van der Waals surface area contributed by atoms with Crippen molar-refractivity contribution >= 4 is 34.7 Å². The lowest BCUT2D eigenvalue weighted by atomic mass is 10.1. The normalized spacial score (nSPS) is 11.2. The van der Waals surface area contributed by atoms with Gasteiger partial charge in [0.15, 0.2) is 0 Å². The molecule has 6 heteroatoms.